The molecule has 2 atom stereocenters. The molecule has 31 heavy (non-hydrogen) atoms. The molecule has 3 aromatic rings. The van der Waals surface area contributed by atoms with Crippen molar-refractivity contribution in [1.29, 1.82) is 0 Å². The number of amides is 1. The van der Waals surface area contributed by atoms with E-state index >= 15 is 0 Å². The van der Waals surface area contributed by atoms with Crippen LogP contribution in [0.1, 0.15) is 40.1 Å². The SMILES string of the molecule is Cc1ccc([C@@H]2C[C@@H](C(F)(F)F)n3nc(C(=O)Nc4c(Cl)cccc4Cl)cc3N2)cc1. The summed E-state index contributed by atoms with van der Waals surface area (Å²) in [6.45, 7) is 1.90. The van der Waals surface area contributed by atoms with Gasteiger partial charge in [-0.2, -0.15) is 18.3 Å². The van der Waals surface area contributed by atoms with E-state index in [0.29, 0.717) is 0 Å². The molecule has 1 aliphatic rings. The van der Waals surface area contributed by atoms with Crippen molar-refractivity contribution in [3.8, 4) is 0 Å². The Balaban J connectivity index is 1.66. The highest BCUT2D eigenvalue weighted by Gasteiger charge is 2.46. The molecule has 0 saturated carbocycles. The van der Waals surface area contributed by atoms with Gasteiger partial charge in [0.25, 0.3) is 5.91 Å². The first kappa shape index (κ1) is 21.5. The van der Waals surface area contributed by atoms with Crippen LogP contribution in [0.2, 0.25) is 10.0 Å². The van der Waals surface area contributed by atoms with E-state index in [0.717, 1.165) is 15.8 Å². The number of fused-ring (bicyclic) bond motifs is 1. The van der Waals surface area contributed by atoms with Gasteiger partial charge in [0.15, 0.2) is 11.7 Å². The number of aryl methyl sites for hydroxylation is 1. The number of nitrogens with one attached hydrogen (secondary N) is 2. The molecular formula is C21H17Cl2F3N4O. The number of carbonyl (C=O) groups excluding carboxylic acids is 1. The molecule has 0 saturated heterocycles. The summed E-state index contributed by atoms with van der Waals surface area (Å²) in [7, 11) is 0. The number of halogens is 5. The van der Waals surface area contributed by atoms with Gasteiger partial charge in [-0.15, -0.1) is 0 Å². The van der Waals surface area contributed by atoms with Crippen molar-refractivity contribution >= 4 is 40.6 Å². The third-order valence-electron chi connectivity index (χ3n) is 5.10. The smallest absolute Gasteiger partial charge is 0.363 e. The lowest BCUT2D eigenvalue weighted by molar-refractivity contribution is -0.173. The monoisotopic (exact) mass is 468 g/mol. The van der Waals surface area contributed by atoms with Crippen molar-refractivity contribution in [2.75, 3.05) is 10.6 Å². The Bertz CT molecular complexity index is 1110. The van der Waals surface area contributed by atoms with E-state index in [2.05, 4.69) is 15.7 Å². The Hall–Kier alpha value is -2.71. The second-order valence-electron chi connectivity index (χ2n) is 7.31. The Labute approximate surface area is 186 Å². The minimum atomic E-state index is -4.54. The number of alkyl halides is 3. The van der Waals surface area contributed by atoms with Gasteiger partial charge in [-0.25, -0.2) is 4.68 Å². The van der Waals surface area contributed by atoms with Crippen molar-refractivity contribution in [3.63, 3.8) is 0 Å². The van der Waals surface area contributed by atoms with Crippen LogP contribution in [0.15, 0.2) is 48.5 Å². The number of carbonyl (C=O) groups is 1. The predicted molar refractivity (Wildman–Crippen MR) is 114 cm³/mol. The second kappa shape index (κ2) is 8.09. The number of hydrogen-bond donors (Lipinski definition) is 2. The Kier molecular flexibility index (Phi) is 5.61. The minimum absolute atomic E-state index is 0.106. The van der Waals surface area contributed by atoms with Crippen LogP contribution in [0.5, 0.6) is 0 Å². The third kappa shape index (κ3) is 4.36. The maximum Gasteiger partial charge on any atom is 0.410 e. The zero-order valence-electron chi connectivity index (χ0n) is 16.2. The molecule has 0 aliphatic carbocycles. The second-order valence-corrected chi connectivity index (χ2v) is 8.13. The van der Waals surface area contributed by atoms with E-state index in [1.54, 1.807) is 18.2 Å². The summed E-state index contributed by atoms with van der Waals surface area (Å²) < 4.78 is 42.2. The summed E-state index contributed by atoms with van der Waals surface area (Å²) in [6.07, 6.45) is -4.79. The fourth-order valence-electron chi connectivity index (χ4n) is 3.50. The first-order chi connectivity index (χ1) is 14.6. The highest BCUT2D eigenvalue weighted by molar-refractivity contribution is 6.40. The standard InChI is InChI=1S/C21H17Cl2F3N4O/c1-11-5-7-12(8-6-11)15-9-17(21(24,25)26)30-18(27-15)10-16(29-30)20(31)28-19-13(22)3-2-4-14(19)23/h2-8,10,15,17,27H,9H2,1H3,(H,28,31)/t15-,17-/m0/s1. The normalized spacial score (nSPS) is 18.3. The topological polar surface area (TPSA) is 59.0 Å². The maximum absolute atomic E-state index is 13.8. The number of rotatable bonds is 3. The van der Waals surface area contributed by atoms with Gasteiger partial charge in [-0.1, -0.05) is 59.1 Å². The van der Waals surface area contributed by atoms with Crippen LogP contribution >= 0.6 is 23.2 Å². The Morgan fingerprint density at radius 2 is 1.81 bits per heavy atom. The number of nitrogens with zero attached hydrogens (tertiary/aromatic N) is 2. The van der Waals surface area contributed by atoms with Crippen molar-refractivity contribution in [1.82, 2.24) is 9.78 Å². The molecule has 1 amide bonds. The molecule has 0 radical (unpaired) electrons. The first-order valence-corrected chi connectivity index (χ1v) is 10.1. The molecule has 162 valence electrons. The fraction of sp³-hybridized carbons (Fsp3) is 0.238. The summed E-state index contributed by atoms with van der Waals surface area (Å²) in [4.78, 5) is 12.7. The largest absolute Gasteiger partial charge is 0.410 e. The van der Waals surface area contributed by atoms with Gasteiger partial charge in [0.2, 0.25) is 0 Å². The summed E-state index contributed by atoms with van der Waals surface area (Å²) in [5, 5.41) is 9.92. The Morgan fingerprint density at radius 1 is 1.16 bits per heavy atom. The molecule has 2 heterocycles. The molecule has 10 heteroatoms. The zero-order chi connectivity index (χ0) is 22.3. The van der Waals surface area contributed by atoms with Crippen LogP contribution in [0.25, 0.3) is 0 Å². The average Bonchev–Trinajstić information content (AvgIpc) is 3.14. The molecular weight excluding hydrogens is 452 g/mol. The Morgan fingerprint density at radius 3 is 2.42 bits per heavy atom. The molecule has 0 spiro atoms. The van der Waals surface area contributed by atoms with Crippen molar-refractivity contribution in [2.45, 2.75) is 31.6 Å². The summed E-state index contributed by atoms with van der Waals surface area (Å²) in [6, 6.07) is 10.8. The third-order valence-corrected chi connectivity index (χ3v) is 5.73. The minimum Gasteiger partial charge on any atom is -0.363 e. The number of hydrogen-bond acceptors (Lipinski definition) is 3. The molecule has 1 aromatic heterocycles. The molecule has 4 rings (SSSR count). The van der Waals surface area contributed by atoms with Gasteiger partial charge in [0, 0.05) is 12.5 Å². The van der Waals surface area contributed by atoms with Crippen LogP contribution in [0, 0.1) is 6.92 Å². The summed E-state index contributed by atoms with van der Waals surface area (Å²) >= 11 is 12.1. The number of benzene rings is 2. The highest BCUT2D eigenvalue weighted by Crippen LogP contribution is 2.43. The van der Waals surface area contributed by atoms with Gasteiger partial charge < -0.3 is 10.6 Å². The van der Waals surface area contributed by atoms with Gasteiger partial charge in [-0.3, -0.25) is 4.79 Å². The van der Waals surface area contributed by atoms with Crippen LogP contribution < -0.4 is 10.6 Å². The number of para-hydroxylation sites is 1. The maximum atomic E-state index is 13.8. The quantitative estimate of drug-likeness (QED) is 0.466. The van der Waals surface area contributed by atoms with E-state index < -0.39 is 24.2 Å². The molecule has 1 aliphatic heterocycles. The zero-order valence-corrected chi connectivity index (χ0v) is 17.7. The lowest BCUT2D eigenvalue weighted by atomic mass is 9.96. The van der Waals surface area contributed by atoms with Gasteiger partial charge in [0.05, 0.1) is 21.8 Å². The van der Waals surface area contributed by atoms with Gasteiger partial charge in [-0.05, 0) is 24.6 Å². The number of anilines is 2. The lowest BCUT2D eigenvalue weighted by Crippen LogP contribution is -2.35. The predicted octanol–water partition coefficient (Wildman–Crippen LogP) is 6.41. The van der Waals surface area contributed by atoms with Crippen molar-refractivity contribution < 1.29 is 18.0 Å². The highest BCUT2D eigenvalue weighted by atomic mass is 35.5. The van der Waals surface area contributed by atoms with Crippen LogP contribution in [0.3, 0.4) is 0 Å². The average molecular weight is 469 g/mol. The van der Waals surface area contributed by atoms with Gasteiger partial charge >= 0.3 is 6.18 Å². The summed E-state index contributed by atoms with van der Waals surface area (Å²) in [5.74, 6) is -0.610. The molecule has 2 N–H and O–H groups in total. The molecule has 2 aromatic carbocycles. The van der Waals surface area contributed by atoms with E-state index in [4.69, 9.17) is 23.2 Å². The van der Waals surface area contributed by atoms with Crippen LogP contribution in [-0.4, -0.2) is 21.9 Å². The van der Waals surface area contributed by atoms with E-state index in [1.165, 1.54) is 18.2 Å². The van der Waals surface area contributed by atoms with Crippen molar-refractivity contribution in [2.24, 2.45) is 0 Å². The number of aromatic nitrogens is 2. The molecule has 0 unspecified atom stereocenters. The van der Waals surface area contributed by atoms with Crippen LogP contribution in [-0.2, 0) is 0 Å². The van der Waals surface area contributed by atoms with Gasteiger partial charge in [0.1, 0.15) is 5.82 Å². The first-order valence-electron chi connectivity index (χ1n) is 9.38. The summed E-state index contributed by atoms with van der Waals surface area (Å²) in [5.41, 5.74) is 1.72. The lowest BCUT2D eigenvalue weighted by Gasteiger charge is -2.33. The molecule has 0 fully saturated rings. The van der Waals surface area contributed by atoms with Crippen LogP contribution in [0.4, 0.5) is 24.7 Å². The van der Waals surface area contributed by atoms with E-state index in [9.17, 15) is 18.0 Å². The van der Waals surface area contributed by atoms with E-state index in [-0.39, 0.29) is 33.7 Å². The van der Waals surface area contributed by atoms with E-state index in [1.807, 2.05) is 19.1 Å². The molecule has 5 nitrogen and oxygen atoms in total. The van der Waals surface area contributed by atoms with Crippen molar-refractivity contribution in [3.05, 3.63) is 75.4 Å². The fourth-order valence-corrected chi connectivity index (χ4v) is 3.99. The molecule has 0 bridgehead atoms.